The number of nitrogens with one attached hydrogen (secondary N) is 1. The lowest BCUT2D eigenvalue weighted by Crippen LogP contribution is -2.18. The van der Waals surface area contributed by atoms with Gasteiger partial charge in [0, 0.05) is 12.1 Å². The Morgan fingerprint density at radius 3 is 2.46 bits per heavy atom. The molecule has 0 saturated carbocycles. The van der Waals surface area contributed by atoms with Gasteiger partial charge in [-0.3, -0.25) is 10.1 Å². The van der Waals surface area contributed by atoms with Crippen LogP contribution in [-0.2, 0) is 16.6 Å². The van der Waals surface area contributed by atoms with Gasteiger partial charge in [0.05, 0.1) is 16.0 Å². The van der Waals surface area contributed by atoms with Crippen molar-refractivity contribution in [1.82, 2.24) is 4.83 Å². The smallest absolute Gasteiger partial charge is 0.276 e. The summed E-state index contributed by atoms with van der Waals surface area (Å²) in [6.07, 6.45) is 1.23. The molecule has 0 unspecified atom stereocenters. The predicted octanol–water partition coefficient (Wildman–Crippen LogP) is 3.08. The van der Waals surface area contributed by atoms with Gasteiger partial charge in [-0.15, -0.1) is 0 Å². The summed E-state index contributed by atoms with van der Waals surface area (Å²) >= 11 is 0. The Labute approximate surface area is 160 Å². The molecule has 1 N–H and O–H groups in total. The minimum Gasteiger partial charge on any atom is -0.486 e. The summed E-state index contributed by atoms with van der Waals surface area (Å²) in [5, 5.41) is 14.3. The predicted molar refractivity (Wildman–Crippen MR) is 100 cm³/mol. The summed E-state index contributed by atoms with van der Waals surface area (Å²) in [6.45, 7) is 0.0986. The number of hydrazone groups is 1. The molecule has 3 rings (SSSR count). The average Bonchev–Trinajstić information content (AvgIpc) is 3.15. The molecule has 0 fully saturated rings. The molecule has 0 aliphatic heterocycles. The van der Waals surface area contributed by atoms with Crippen molar-refractivity contribution in [3.63, 3.8) is 0 Å². The van der Waals surface area contributed by atoms with Crippen molar-refractivity contribution in [1.29, 1.82) is 0 Å². The maximum Gasteiger partial charge on any atom is 0.276 e. The van der Waals surface area contributed by atoms with E-state index in [1.165, 1.54) is 42.6 Å². The lowest BCUT2D eigenvalue weighted by Gasteiger charge is -2.03. The monoisotopic (exact) mass is 401 g/mol. The Morgan fingerprint density at radius 2 is 1.79 bits per heavy atom. The number of non-ortho nitro benzene ring substituents is 1. The Morgan fingerprint density at radius 1 is 1.07 bits per heavy atom. The molecule has 10 heteroatoms. The van der Waals surface area contributed by atoms with Crippen LogP contribution in [0.15, 0.2) is 81.1 Å². The minimum atomic E-state index is -3.74. The van der Waals surface area contributed by atoms with Crippen LogP contribution < -0.4 is 9.57 Å². The lowest BCUT2D eigenvalue weighted by molar-refractivity contribution is -0.384. The standard InChI is InChI=1S/C18H15N3O6S/c22-21(23)14-6-8-15(9-7-14)26-13-17-11-10-16(27-17)12-19-20-28(24,25)18-4-2-1-3-5-18/h1-12,20H,13H2/b19-12+. The molecule has 0 amide bonds. The molecule has 0 atom stereocenters. The third kappa shape index (κ3) is 4.95. The average molecular weight is 401 g/mol. The summed E-state index contributed by atoms with van der Waals surface area (Å²) in [5.41, 5.74) is -0.0261. The van der Waals surface area contributed by atoms with Gasteiger partial charge in [0.1, 0.15) is 23.9 Å². The molecule has 2 aromatic carbocycles. The van der Waals surface area contributed by atoms with E-state index in [0.29, 0.717) is 17.3 Å². The molecule has 28 heavy (non-hydrogen) atoms. The maximum atomic E-state index is 12.0. The Kier molecular flexibility index (Phi) is 5.70. The van der Waals surface area contributed by atoms with E-state index in [9.17, 15) is 18.5 Å². The van der Waals surface area contributed by atoms with Crippen LogP contribution in [0.1, 0.15) is 11.5 Å². The highest BCUT2D eigenvalue weighted by atomic mass is 32.2. The molecule has 0 aliphatic rings. The molecule has 1 aromatic heterocycles. The normalized spacial score (nSPS) is 11.4. The fourth-order valence-corrected chi connectivity index (χ4v) is 2.98. The molecule has 9 nitrogen and oxygen atoms in total. The molecule has 1 heterocycles. The van der Waals surface area contributed by atoms with Crippen LogP contribution in [-0.4, -0.2) is 19.6 Å². The second kappa shape index (κ2) is 8.35. The molecule has 144 valence electrons. The molecular weight excluding hydrogens is 386 g/mol. The van der Waals surface area contributed by atoms with E-state index in [1.54, 1.807) is 30.3 Å². The van der Waals surface area contributed by atoms with Crippen LogP contribution in [0.3, 0.4) is 0 Å². The summed E-state index contributed by atoms with van der Waals surface area (Å²) in [4.78, 5) is 12.3. The number of ether oxygens (including phenoxy) is 1. The summed E-state index contributed by atoms with van der Waals surface area (Å²) in [6, 6.07) is 16.8. The maximum absolute atomic E-state index is 12.0. The van der Waals surface area contributed by atoms with E-state index in [1.807, 2.05) is 0 Å². The van der Waals surface area contributed by atoms with Gasteiger partial charge in [-0.05, 0) is 36.4 Å². The number of furan rings is 1. The first kappa shape index (κ1) is 19.1. The highest BCUT2D eigenvalue weighted by Crippen LogP contribution is 2.19. The van der Waals surface area contributed by atoms with E-state index >= 15 is 0 Å². The van der Waals surface area contributed by atoms with Crippen molar-refractivity contribution in [3.8, 4) is 5.75 Å². The number of nitro groups is 1. The summed E-state index contributed by atoms with van der Waals surface area (Å²) < 4.78 is 35.0. The second-order valence-electron chi connectivity index (χ2n) is 5.51. The SMILES string of the molecule is O=[N+]([O-])c1ccc(OCc2ccc(/C=N/NS(=O)(=O)c3ccccc3)o2)cc1. The van der Waals surface area contributed by atoms with Crippen molar-refractivity contribution in [2.75, 3.05) is 0 Å². The fraction of sp³-hybridized carbons (Fsp3) is 0.0556. The summed E-state index contributed by atoms with van der Waals surface area (Å²) in [7, 11) is -3.74. The van der Waals surface area contributed by atoms with E-state index in [0.717, 1.165) is 0 Å². The number of sulfonamides is 1. The van der Waals surface area contributed by atoms with Crippen LogP contribution in [0.2, 0.25) is 0 Å². The first-order valence-corrected chi connectivity index (χ1v) is 9.48. The first-order valence-electron chi connectivity index (χ1n) is 8.00. The van der Waals surface area contributed by atoms with E-state index in [-0.39, 0.29) is 17.2 Å². The van der Waals surface area contributed by atoms with E-state index in [2.05, 4.69) is 9.93 Å². The zero-order chi connectivity index (χ0) is 20.0. The van der Waals surface area contributed by atoms with Gasteiger partial charge in [0.2, 0.25) is 0 Å². The zero-order valence-electron chi connectivity index (χ0n) is 14.4. The van der Waals surface area contributed by atoms with Gasteiger partial charge in [-0.2, -0.15) is 18.4 Å². The highest BCUT2D eigenvalue weighted by Gasteiger charge is 2.11. The van der Waals surface area contributed by atoms with E-state index < -0.39 is 14.9 Å². The molecule has 3 aromatic rings. The van der Waals surface area contributed by atoms with Gasteiger partial charge in [-0.1, -0.05) is 18.2 Å². The van der Waals surface area contributed by atoms with Gasteiger partial charge in [0.25, 0.3) is 15.7 Å². The van der Waals surface area contributed by atoms with Crippen LogP contribution >= 0.6 is 0 Å². The van der Waals surface area contributed by atoms with Gasteiger partial charge in [-0.25, -0.2) is 0 Å². The third-order valence-electron chi connectivity index (χ3n) is 3.53. The molecule has 0 saturated heterocycles. The Bertz CT molecular complexity index is 1080. The van der Waals surface area contributed by atoms with E-state index in [4.69, 9.17) is 9.15 Å². The fourth-order valence-electron chi connectivity index (χ4n) is 2.17. The number of nitro benzene ring substituents is 1. The minimum absolute atomic E-state index is 0.0261. The number of hydrogen-bond donors (Lipinski definition) is 1. The van der Waals surface area contributed by atoms with Crippen molar-refractivity contribution < 1.29 is 22.5 Å². The van der Waals surface area contributed by atoms with Crippen molar-refractivity contribution in [2.45, 2.75) is 11.5 Å². The Balaban J connectivity index is 1.55. The lowest BCUT2D eigenvalue weighted by atomic mass is 10.3. The zero-order valence-corrected chi connectivity index (χ0v) is 15.2. The van der Waals surface area contributed by atoms with Gasteiger partial charge >= 0.3 is 0 Å². The molecule has 0 radical (unpaired) electrons. The summed E-state index contributed by atoms with van der Waals surface area (Å²) in [5.74, 6) is 1.26. The number of rotatable bonds is 8. The van der Waals surface area contributed by atoms with Crippen molar-refractivity contribution in [2.24, 2.45) is 5.10 Å². The van der Waals surface area contributed by atoms with Crippen molar-refractivity contribution in [3.05, 3.63) is 88.4 Å². The van der Waals surface area contributed by atoms with Crippen molar-refractivity contribution >= 4 is 21.9 Å². The largest absolute Gasteiger partial charge is 0.486 e. The highest BCUT2D eigenvalue weighted by molar-refractivity contribution is 7.89. The quantitative estimate of drug-likeness (QED) is 0.351. The van der Waals surface area contributed by atoms with Crippen LogP contribution in [0.5, 0.6) is 5.75 Å². The number of nitrogens with zero attached hydrogens (tertiary/aromatic N) is 2. The molecule has 0 bridgehead atoms. The van der Waals surface area contributed by atoms with Gasteiger partial charge < -0.3 is 9.15 Å². The van der Waals surface area contributed by atoms with Crippen LogP contribution in [0.25, 0.3) is 0 Å². The number of hydrogen-bond acceptors (Lipinski definition) is 7. The number of benzene rings is 2. The van der Waals surface area contributed by atoms with Gasteiger partial charge in [0.15, 0.2) is 0 Å². The molecular formula is C18H15N3O6S. The van der Waals surface area contributed by atoms with Crippen LogP contribution in [0, 0.1) is 10.1 Å². The second-order valence-corrected chi connectivity index (χ2v) is 7.17. The van der Waals surface area contributed by atoms with Crippen LogP contribution in [0.4, 0.5) is 5.69 Å². The molecule has 0 aliphatic carbocycles. The Hall–Kier alpha value is -3.66. The molecule has 0 spiro atoms. The third-order valence-corrected chi connectivity index (χ3v) is 4.77. The first-order chi connectivity index (χ1) is 13.4. The topological polar surface area (TPSA) is 124 Å².